The molecule has 3 fully saturated rings. The molecule has 4 aromatic rings. The number of carbonyl (C=O) groups excluding carboxylic acids is 3. The predicted molar refractivity (Wildman–Crippen MR) is 213 cm³/mol. The molecule has 0 aliphatic carbocycles. The van der Waals surface area contributed by atoms with E-state index in [1.807, 2.05) is 52.0 Å². The fraction of sp³-hybridized carbons (Fsp3) is 0.500. The van der Waals surface area contributed by atoms with Crippen molar-refractivity contribution in [1.29, 1.82) is 0 Å². The number of imidazole rings is 2. The fourth-order valence-electron chi connectivity index (χ4n) is 8.15. The molecule has 0 radical (unpaired) electrons. The SMILES string of the molecule is COC(=O)NC(C(=O)N1CCCC1c1ncc(-c2ccc(-c3ccc(-c4cnc(C5CC6(CN5C(=O)C(NC(O)OC)C(C)C)OCCO6)[nH]4)cc3)cc2)[nH]1)C(C)C. The maximum Gasteiger partial charge on any atom is 0.407 e. The van der Waals surface area contributed by atoms with Crippen LogP contribution in [0.1, 0.15) is 70.7 Å². The summed E-state index contributed by atoms with van der Waals surface area (Å²) in [5.41, 5.74) is 5.64. The maximum absolute atomic E-state index is 14.0. The van der Waals surface area contributed by atoms with Crippen LogP contribution in [-0.4, -0.2) is 118 Å². The van der Waals surface area contributed by atoms with E-state index in [-0.39, 0.29) is 36.2 Å². The summed E-state index contributed by atoms with van der Waals surface area (Å²) < 4.78 is 21.8. The zero-order valence-electron chi connectivity index (χ0n) is 33.9. The maximum atomic E-state index is 14.0. The molecule has 3 aliphatic rings. The van der Waals surface area contributed by atoms with Crippen LogP contribution in [-0.2, 0) is 28.5 Å². The molecule has 3 aliphatic heterocycles. The molecular formula is C42H54N8O8. The number of nitrogens with one attached hydrogen (secondary N) is 4. The number of aliphatic hydroxyl groups excluding tert-OH is 1. The van der Waals surface area contributed by atoms with E-state index in [2.05, 4.69) is 49.9 Å². The molecule has 2 aromatic carbocycles. The van der Waals surface area contributed by atoms with Crippen molar-refractivity contribution < 1.29 is 38.4 Å². The van der Waals surface area contributed by atoms with Gasteiger partial charge in [-0.2, -0.15) is 0 Å². The van der Waals surface area contributed by atoms with Gasteiger partial charge in [-0.05, 0) is 46.9 Å². The number of aromatic nitrogens is 4. The van der Waals surface area contributed by atoms with Crippen LogP contribution in [0.25, 0.3) is 33.6 Å². The number of alkyl carbamates (subject to hydrolysis) is 1. The Morgan fingerprint density at radius 2 is 1.31 bits per heavy atom. The number of aliphatic hydroxyl groups is 1. The molecule has 16 nitrogen and oxygen atoms in total. The Hall–Kier alpha value is -5.13. The van der Waals surface area contributed by atoms with Crippen LogP contribution in [0.4, 0.5) is 4.79 Å². The summed E-state index contributed by atoms with van der Waals surface area (Å²) in [7, 11) is 2.66. The second-order valence-corrected chi connectivity index (χ2v) is 15.8. The number of amides is 3. The second-order valence-electron chi connectivity index (χ2n) is 15.8. The highest BCUT2D eigenvalue weighted by molar-refractivity contribution is 5.86. The third-order valence-electron chi connectivity index (χ3n) is 11.3. The van der Waals surface area contributed by atoms with E-state index in [0.717, 1.165) is 46.5 Å². The number of benzene rings is 2. The number of aromatic amines is 2. The van der Waals surface area contributed by atoms with Gasteiger partial charge in [-0.15, -0.1) is 0 Å². The molecule has 58 heavy (non-hydrogen) atoms. The average Bonchev–Trinajstić information content (AvgIpc) is 4.09. The number of carbonyl (C=O) groups is 3. The molecule has 7 rings (SSSR count). The minimum atomic E-state index is -1.29. The van der Waals surface area contributed by atoms with Crippen molar-refractivity contribution in [3.63, 3.8) is 0 Å². The lowest BCUT2D eigenvalue weighted by molar-refractivity contribution is -0.157. The van der Waals surface area contributed by atoms with Gasteiger partial charge in [-0.3, -0.25) is 14.9 Å². The number of methoxy groups -OCH3 is 2. The van der Waals surface area contributed by atoms with E-state index in [0.29, 0.717) is 37.8 Å². The lowest BCUT2D eigenvalue weighted by Gasteiger charge is -2.31. The summed E-state index contributed by atoms with van der Waals surface area (Å²) in [6.45, 7) is 9.35. The van der Waals surface area contributed by atoms with Crippen LogP contribution in [0.3, 0.4) is 0 Å². The van der Waals surface area contributed by atoms with Crippen LogP contribution in [0.2, 0.25) is 0 Å². The zero-order valence-corrected chi connectivity index (χ0v) is 33.9. The van der Waals surface area contributed by atoms with Gasteiger partial charge in [0.05, 0.1) is 68.8 Å². The monoisotopic (exact) mass is 798 g/mol. The minimum absolute atomic E-state index is 0.110. The summed E-state index contributed by atoms with van der Waals surface area (Å²) in [6, 6.07) is 14.4. The summed E-state index contributed by atoms with van der Waals surface area (Å²) in [6.07, 6.45) is 3.69. The Bertz CT molecular complexity index is 2040. The van der Waals surface area contributed by atoms with Gasteiger partial charge >= 0.3 is 6.09 Å². The Balaban J connectivity index is 1.03. The Morgan fingerprint density at radius 1 is 0.793 bits per heavy atom. The number of rotatable bonds is 13. The van der Waals surface area contributed by atoms with Crippen LogP contribution < -0.4 is 10.6 Å². The highest BCUT2D eigenvalue weighted by atomic mass is 16.7. The van der Waals surface area contributed by atoms with Crippen molar-refractivity contribution >= 4 is 17.9 Å². The van der Waals surface area contributed by atoms with Gasteiger partial charge in [0.1, 0.15) is 17.7 Å². The van der Waals surface area contributed by atoms with Gasteiger partial charge in [-0.1, -0.05) is 76.2 Å². The van der Waals surface area contributed by atoms with Crippen molar-refractivity contribution in [1.82, 2.24) is 40.4 Å². The van der Waals surface area contributed by atoms with E-state index in [1.165, 1.54) is 14.2 Å². The van der Waals surface area contributed by atoms with E-state index >= 15 is 0 Å². The third-order valence-corrected chi connectivity index (χ3v) is 11.3. The van der Waals surface area contributed by atoms with Crippen molar-refractivity contribution in [2.24, 2.45) is 11.8 Å². The minimum Gasteiger partial charge on any atom is -0.453 e. The number of H-pyrrole nitrogens is 2. The van der Waals surface area contributed by atoms with Gasteiger partial charge in [0.15, 0.2) is 5.79 Å². The lowest BCUT2D eigenvalue weighted by atomic mass is 10.0. The predicted octanol–water partition coefficient (Wildman–Crippen LogP) is 4.73. The Morgan fingerprint density at radius 3 is 1.83 bits per heavy atom. The molecule has 310 valence electrons. The molecule has 5 atom stereocenters. The first kappa shape index (κ1) is 41.0. The molecule has 5 unspecified atom stereocenters. The van der Waals surface area contributed by atoms with E-state index in [4.69, 9.17) is 23.9 Å². The normalized spacial score (nSPS) is 20.6. The topological polar surface area (TPSA) is 196 Å². The van der Waals surface area contributed by atoms with Gasteiger partial charge in [0.25, 0.3) is 0 Å². The average molecular weight is 799 g/mol. The van der Waals surface area contributed by atoms with Crippen LogP contribution in [0.15, 0.2) is 60.9 Å². The second kappa shape index (κ2) is 17.4. The quantitative estimate of drug-likeness (QED) is 0.117. The smallest absolute Gasteiger partial charge is 0.407 e. The molecular weight excluding hydrogens is 745 g/mol. The van der Waals surface area contributed by atoms with E-state index < -0.39 is 36.4 Å². The molecule has 0 saturated carbocycles. The largest absolute Gasteiger partial charge is 0.453 e. The summed E-state index contributed by atoms with van der Waals surface area (Å²) in [4.78, 5) is 59.3. The molecule has 3 saturated heterocycles. The van der Waals surface area contributed by atoms with Gasteiger partial charge < -0.3 is 49.1 Å². The number of hydrogen-bond donors (Lipinski definition) is 5. The first-order valence-corrected chi connectivity index (χ1v) is 19.9. The number of ether oxygens (including phenoxy) is 4. The number of nitrogens with zero attached hydrogens (tertiary/aromatic N) is 4. The van der Waals surface area contributed by atoms with Crippen molar-refractivity contribution in [2.75, 3.05) is 40.5 Å². The zero-order chi connectivity index (χ0) is 41.1. The molecule has 2 aromatic heterocycles. The van der Waals surface area contributed by atoms with Crippen molar-refractivity contribution in [3.05, 3.63) is 72.6 Å². The summed E-state index contributed by atoms with van der Waals surface area (Å²) in [5.74, 6) is -0.159. The number of likely N-dealkylation sites (tertiary alicyclic amines) is 2. The molecule has 3 amide bonds. The third kappa shape index (κ3) is 8.52. The molecule has 1 spiro atoms. The molecule has 5 heterocycles. The van der Waals surface area contributed by atoms with Gasteiger partial charge in [0.2, 0.25) is 18.2 Å². The van der Waals surface area contributed by atoms with Crippen LogP contribution in [0, 0.1) is 11.8 Å². The highest BCUT2D eigenvalue weighted by Crippen LogP contribution is 2.43. The van der Waals surface area contributed by atoms with Crippen molar-refractivity contribution in [3.8, 4) is 33.6 Å². The molecule has 16 heteroatoms. The Labute approximate surface area is 338 Å². The van der Waals surface area contributed by atoms with Crippen LogP contribution >= 0.6 is 0 Å². The fourth-order valence-corrected chi connectivity index (χ4v) is 8.15. The van der Waals surface area contributed by atoms with E-state index in [9.17, 15) is 19.5 Å². The van der Waals surface area contributed by atoms with Gasteiger partial charge in [0, 0.05) is 20.1 Å². The van der Waals surface area contributed by atoms with Crippen LogP contribution in [0.5, 0.6) is 0 Å². The number of hydrogen-bond acceptors (Lipinski definition) is 11. The molecule has 5 N–H and O–H groups in total. The van der Waals surface area contributed by atoms with Gasteiger partial charge in [-0.25, -0.2) is 14.8 Å². The summed E-state index contributed by atoms with van der Waals surface area (Å²) >= 11 is 0. The first-order valence-electron chi connectivity index (χ1n) is 19.9. The van der Waals surface area contributed by atoms with Crippen molar-refractivity contribution in [2.45, 2.75) is 83.3 Å². The highest BCUT2D eigenvalue weighted by Gasteiger charge is 2.52. The first-order chi connectivity index (χ1) is 27.9. The van der Waals surface area contributed by atoms with E-state index in [1.54, 1.807) is 22.2 Å². The standard InChI is InChI=1S/C42H54N8O8/c1-24(2)34(47-40(53)55-5)38(51)49-17-7-8-32(49)36-43-21-30(45-36)28-13-9-26(10-14-28)27-11-15-29(16-12-27)31-22-44-37(46-31)33-20-42(57-18-19-58-42)23-50(33)39(52)35(25(3)4)48-41(54)56-6/h9-16,21-22,24-25,32-35,41,48,54H,7-8,17-20,23H2,1-6H3,(H,43,45)(H,44,46)(H,47,53). The Kier molecular flexibility index (Phi) is 12.3. The summed E-state index contributed by atoms with van der Waals surface area (Å²) in [5, 5.41) is 15.7. The molecule has 0 bridgehead atoms. The lowest BCUT2D eigenvalue weighted by Crippen LogP contribution is -2.53.